The Morgan fingerprint density at radius 3 is 2.02 bits per heavy atom. The molecule has 320 valence electrons. The highest BCUT2D eigenvalue weighted by Crippen LogP contribution is 2.43. The van der Waals surface area contributed by atoms with Gasteiger partial charge in [-0.15, -0.1) is 0 Å². The summed E-state index contributed by atoms with van der Waals surface area (Å²) in [5.41, 5.74) is 5.33. The number of carbonyl (C=O) groups excluding carboxylic acids is 3. The van der Waals surface area contributed by atoms with Gasteiger partial charge in [0.15, 0.2) is 11.9 Å². The molecule has 1 rings (SSSR count). The Bertz CT molecular complexity index is 1400. The Morgan fingerprint density at radius 2 is 1.40 bits per heavy atom. The molecular formula is C45H70NO10P. The number of rotatable bonds is 34. The van der Waals surface area contributed by atoms with Crippen LogP contribution in [0.2, 0.25) is 0 Å². The number of ketones is 1. The first-order valence-corrected chi connectivity index (χ1v) is 22.3. The molecule has 57 heavy (non-hydrogen) atoms. The van der Waals surface area contributed by atoms with E-state index in [1.165, 1.54) is 0 Å². The fraction of sp³-hybridized carbons (Fsp3) is 0.578. The van der Waals surface area contributed by atoms with Gasteiger partial charge in [-0.1, -0.05) is 124 Å². The number of carbonyl (C=O) groups is 3. The van der Waals surface area contributed by atoms with Crippen molar-refractivity contribution in [1.29, 1.82) is 0 Å². The van der Waals surface area contributed by atoms with Crippen LogP contribution in [-0.4, -0.2) is 66.3 Å². The highest BCUT2D eigenvalue weighted by molar-refractivity contribution is 7.47. The molecule has 0 aromatic heterocycles. The molecule has 0 fully saturated rings. The minimum Gasteiger partial charge on any atom is -0.462 e. The highest BCUT2D eigenvalue weighted by Gasteiger charge is 2.27. The summed E-state index contributed by atoms with van der Waals surface area (Å²) in [4.78, 5) is 47.3. The Labute approximate surface area is 342 Å². The number of aliphatic hydroxyl groups is 1. The third kappa shape index (κ3) is 29.4. The van der Waals surface area contributed by atoms with Crippen LogP contribution < -0.4 is 5.73 Å². The van der Waals surface area contributed by atoms with Crippen LogP contribution >= 0.6 is 7.82 Å². The van der Waals surface area contributed by atoms with Crippen molar-refractivity contribution in [2.75, 3.05) is 26.4 Å². The molecule has 0 heterocycles. The number of hydrogen-bond acceptors (Lipinski definition) is 10. The summed E-state index contributed by atoms with van der Waals surface area (Å²) in [6.07, 6.45) is 42.2. The molecule has 12 heteroatoms. The molecule has 0 aromatic carbocycles. The lowest BCUT2D eigenvalue weighted by molar-refractivity contribution is -0.161. The summed E-state index contributed by atoms with van der Waals surface area (Å²) in [7, 11) is -4.45. The van der Waals surface area contributed by atoms with E-state index in [2.05, 4.69) is 62.5 Å². The number of phosphoric ester groups is 1. The van der Waals surface area contributed by atoms with Crippen LogP contribution in [0.1, 0.15) is 117 Å². The Morgan fingerprint density at radius 1 is 0.807 bits per heavy atom. The predicted molar refractivity (Wildman–Crippen MR) is 228 cm³/mol. The minimum atomic E-state index is -4.45. The SMILES string of the molecule is CC/C=C\C/C=C\C/C=C\C/C=C\C/C=C\CCCC(=O)O[C@H](COC(=O)CCC/C=C\C[C@H]1C=CC(=O)[C@@H]1/C=C/[C@@H](O)CCCCC)COP(=O)(O)OCCN. The van der Waals surface area contributed by atoms with Crippen molar-refractivity contribution in [2.45, 2.75) is 129 Å². The van der Waals surface area contributed by atoms with Crippen molar-refractivity contribution in [3.8, 4) is 0 Å². The molecular weight excluding hydrogens is 745 g/mol. The number of esters is 2. The number of ether oxygens (including phenoxy) is 2. The number of phosphoric acid groups is 1. The van der Waals surface area contributed by atoms with Gasteiger partial charge in [0.05, 0.1) is 19.3 Å². The number of aliphatic hydroxyl groups excluding tert-OH is 1. The van der Waals surface area contributed by atoms with Crippen molar-refractivity contribution in [1.82, 2.24) is 0 Å². The second-order valence-electron chi connectivity index (χ2n) is 13.8. The third-order valence-corrected chi connectivity index (χ3v) is 9.69. The van der Waals surface area contributed by atoms with Gasteiger partial charge in [0.2, 0.25) is 0 Å². The lowest BCUT2D eigenvalue weighted by Gasteiger charge is -2.19. The quantitative estimate of drug-likeness (QED) is 0.0245. The monoisotopic (exact) mass is 815 g/mol. The molecule has 0 spiro atoms. The third-order valence-electron chi connectivity index (χ3n) is 8.70. The van der Waals surface area contributed by atoms with Crippen molar-refractivity contribution < 1.29 is 47.5 Å². The number of nitrogens with two attached hydrogens (primary N) is 1. The average molecular weight is 816 g/mol. The summed E-state index contributed by atoms with van der Waals surface area (Å²) >= 11 is 0. The number of allylic oxidation sites excluding steroid dienone is 15. The topological polar surface area (TPSA) is 172 Å². The molecule has 0 saturated carbocycles. The van der Waals surface area contributed by atoms with Crippen molar-refractivity contribution in [2.24, 2.45) is 17.6 Å². The molecule has 5 atom stereocenters. The zero-order valence-corrected chi connectivity index (χ0v) is 35.3. The van der Waals surface area contributed by atoms with E-state index in [1.54, 1.807) is 12.2 Å². The van der Waals surface area contributed by atoms with Crippen LogP contribution in [0.15, 0.2) is 97.2 Å². The standard InChI is InChI=1S/C45H70NO10P/c1-3-5-7-8-9-10-11-12-13-14-15-16-17-18-19-20-26-30-45(50)56-41(38-55-57(51,52)54-36-35-46)37-53-44(49)29-25-22-21-24-27-39-31-34-43(48)42(39)33-32-40(47)28-23-6-4-2/h5,7,9-10,12-13,15-16,18-19,21,24,31-34,39-42,47H,3-4,6,8,11,14,17,20,22-23,25-30,35-38,46H2,1-2H3,(H,51,52)/b7-5-,10-9-,13-12-,16-15-,19-18-,24-21-,33-32+/t39-,40-,41+,42+/m0/s1. The molecule has 0 radical (unpaired) electrons. The van der Waals surface area contributed by atoms with E-state index in [-0.39, 0.29) is 50.2 Å². The number of unbranched alkanes of at least 4 members (excludes halogenated alkanes) is 4. The van der Waals surface area contributed by atoms with Gasteiger partial charge < -0.3 is 25.2 Å². The summed E-state index contributed by atoms with van der Waals surface area (Å²) in [5.74, 6) is -1.29. The molecule has 1 unspecified atom stereocenters. The average Bonchev–Trinajstić information content (AvgIpc) is 3.54. The van der Waals surface area contributed by atoms with Gasteiger partial charge in [0, 0.05) is 25.3 Å². The van der Waals surface area contributed by atoms with Crippen LogP contribution in [0.5, 0.6) is 0 Å². The molecule has 0 saturated heterocycles. The van der Waals surface area contributed by atoms with Gasteiger partial charge in [-0.05, 0) is 82.6 Å². The molecule has 1 aliphatic rings. The zero-order chi connectivity index (χ0) is 41.8. The van der Waals surface area contributed by atoms with E-state index in [0.29, 0.717) is 38.5 Å². The molecule has 0 amide bonds. The van der Waals surface area contributed by atoms with E-state index in [9.17, 15) is 28.9 Å². The zero-order valence-electron chi connectivity index (χ0n) is 34.4. The van der Waals surface area contributed by atoms with Crippen LogP contribution in [-0.2, 0) is 37.5 Å². The molecule has 0 bridgehead atoms. The largest absolute Gasteiger partial charge is 0.472 e. The second kappa shape index (κ2) is 34.6. The van der Waals surface area contributed by atoms with E-state index < -0.39 is 38.6 Å². The van der Waals surface area contributed by atoms with Crippen LogP contribution in [0.4, 0.5) is 0 Å². The summed E-state index contributed by atoms with van der Waals surface area (Å²) in [6.45, 7) is 3.19. The second-order valence-corrected chi connectivity index (χ2v) is 15.2. The van der Waals surface area contributed by atoms with Crippen LogP contribution in [0.25, 0.3) is 0 Å². The van der Waals surface area contributed by atoms with Crippen LogP contribution in [0, 0.1) is 11.8 Å². The van der Waals surface area contributed by atoms with Crippen LogP contribution in [0.3, 0.4) is 0 Å². The van der Waals surface area contributed by atoms with Crippen molar-refractivity contribution in [3.63, 3.8) is 0 Å². The van der Waals surface area contributed by atoms with Crippen molar-refractivity contribution in [3.05, 3.63) is 97.2 Å². The lowest BCUT2D eigenvalue weighted by Crippen LogP contribution is -2.29. The Kier molecular flexibility index (Phi) is 31.3. The van der Waals surface area contributed by atoms with Gasteiger partial charge >= 0.3 is 19.8 Å². The summed E-state index contributed by atoms with van der Waals surface area (Å²) in [6, 6.07) is 0. The van der Waals surface area contributed by atoms with E-state index >= 15 is 0 Å². The normalized spacial score (nSPS) is 18.4. The van der Waals surface area contributed by atoms with Gasteiger partial charge in [0.1, 0.15) is 6.61 Å². The fourth-order valence-corrected chi connectivity index (χ4v) is 6.31. The lowest BCUT2D eigenvalue weighted by atomic mass is 9.90. The first kappa shape index (κ1) is 51.6. The minimum absolute atomic E-state index is 0.0104. The molecule has 4 N–H and O–H groups in total. The molecule has 1 aliphatic carbocycles. The summed E-state index contributed by atoms with van der Waals surface area (Å²) in [5, 5.41) is 10.2. The highest BCUT2D eigenvalue weighted by atomic mass is 31.2. The first-order valence-electron chi connectivity index (χ1n) is 20.8. The molecule has 0 aliphatic heterocycles. The van der Waals surface area contributed by atoms with E-state index in [1.807, 2.05) is 36.5 Å². The van der Waals surface area contributed by atoms with Gasteiger partial charge in [-0.25, -0.2) is 4.57 Å². The van der Waals surface area contributed by atoms with E-state index in [0.717, 1.165) is 51.4 Å². The van der Waals surface area contributed by atoms with Gasteiger partial charge in [-0.3, -0.25) is 23.4 Å². The Hall–Kier alpha value is -3.44. The number of hydrogen-bond donors (Lipinski definition) is 3. The maximum absolute atomic E-state index is 12.6. The molecule has 11 nitrogen and oxygen atoms in total. The van der Waals surface area contributed by atoms with Gasteiger partial charge in [-0.2, -0.15) is 0 Å². The summed E-state index contributed by atoms with van der Waals surface area (Å²) < 4.78 is 32.6. The van der Waals surface area contributed by atoms with E-state index in [4.69, 9.17) is 24.3 Å². The molecule has 0 aromatic rings. The Balaban J connectivity index is 2.44. The van der Waals surface area contributed by atoms with Crippen molar-refractivity contribution >= 4 is 25.5 Å². The predicted octanol–water partition coefficient (Wildman–Crippen LogP) is 9.44. The first-order chi connectivity index (χ1) is 27.6. The maximum atomic E-state index is 12.6. The maximum Gasteiger partial charge on any atom is 0.472 e. The fourth-order valence-electron chi connectivity index (χ4n) is 5.54. The van der Waals surface area contributed by atoms with Gasteiger partial charge in [0.25, 0.3) is 0 Å². The smallest absolute Gasteiger partial charge is 0.462 e.